The van der Waals surface area contributed by atoms with Crippen LogP contribution in [0.25, 0.3) is 0 Å². The molecule has 0 amide bonds. The summed E-state index contributed by atoms with van der Waals surface area (Å²) in [6.45, 7) is 4.04. The number of carboxylic acids is 1. The zero-order valence-corrected chi connectivity index (χ0v) is 9.07. The van der Waals surface area contributed by atoms with Crippen molar-refractivity contribution in [2.75, 3.05) is 13.2 Å². The Labute approximate surface area is 85.6 Å². The molecule has 0 saturated carbocycles. The van der Waals surface area contributed by atoms with Crippen LogP contribution in [0.15, 0.2) is 0 Å². The summed E-state index contributed by atoms with van der Waals surface area (Å²) in [5.74, 6) is 0.00246. The first-order valence-corrected chi connectivity index (χ1v) is 5.01. The van der Waals surface area contributed by atoms with E-state index in [0.717, 1.165) is 19.3 Å². The Morgan fingerprint density at radius 2 is 1.79 bits per heavy atom. The lowest BCUT2D eigenvalue weighted by molar-refractivity contribution is -0.137. The largest absolute Gasteiger partial charge is 0.481 e. The monoisotopic (exact) mass is 206 g/mol. The lowest BCUT2D eigenvalue weighted by atomic mass is 10.0. The van der Waals surface area contributed by atoms with E-state index in [1.165, 1.54) is 0 Å². The van der Waals surface area contributed by atoms with Crippen LogP contribution in [0.1, 0.15) is 39.5 Å². The first kappa shape index (κ1) is 15.8. The fourth-order valence-electron chi connectivity index (χ4n) is 0.806. The molecule has 0 radical (unpaired) electrons. The zero-order valence-electron chi connectivity index (χ0n) is 9.07. The van der Waals surface area contributed by atoms with Crippen LogP contribution in [0.4, 0.5) is 0 Å². The van der Waals surface area contributed by atoms with Crippen molar-refractivity contribution in [3.8, 4) is 0 Å². The van der Waals surface area contributed by atoms with E-state index in [0.29, 0.717) is 12.3 Å². The first-order valence-electron chi connectivity index (χ1n) is 5.01. The lowest BCUT2D eigenvalue weighted by Crippen LogP contribution is -1.97. The summed E-state index contributed by atoms with van der Waals surface area (Å²) in [5.41, 5.74) is 0. The molecular formula is C10H22O4. The Morgan fingerprint density at radius 1 is 1.29 bits per heavy atom. The number of hydrogen-bond acceptors (Lipinski definition) is 3. The van der Waals surface area contributed by atoms with Gasteiger partial charge in [0.05, 0.1) is 13.2 Å². The van der Waals surface area contributed by atoms with Gasteiger partial charge in [-0.25, -0.2) is 0 Å². The molecule has 0 aliphatic rings. The van der Waals surface area contributed by atoms with E-state index >= 15 is 0 Å². The van der Waals surface area contributed by atoms with E-state index in [-0.39, 0.29) is 13.2 Å². The molecule has 3 N–H and O–H groups in total. The molecule has 0 fully saturated rings. The Bertz CT molecular complexity index is 123. The number of carboxylic acid groups (broad SMARTS) is 1. The molecule has 1 unspecified atom stereocenters. The molecule has 0 aromatic carbocycles. The molecule has 0 aromatic rings. The number of aliphatic carboxylic acids is 1. The third kappa shape index (κ3) is 17.5. The Kier molecular flexibility index (Phi) is 14.0. The Balaban J connectivity index is 0. The van der Waals surface area contributed by atoms with Gasteiger partial charge in [-0.05, 0) is 12.3 Å². The van der Waals surface area contributed by atoms with Gasteiger partial charge in [-0.1, -0.05) is 26.7 Å². The minimum atomic E-state index is -0.677. The minimum absolute atomic E-state index is 0.125. The maximum absolute atomic E-state index is 10.1. The van der Waals surface area contributed by atoms with Crippen molar-refractivity contribution in [2.45, 2.75) is 39.5 Å². The molecule has 1 atom stereocenters. The van der Waals surface area contributed by atoms with Gasteiger partial charge in [0.25, 0.3) is 0 Å². The van der Waals surface area contributed by atoms with Crippen molar-refractivity contribution in [1.29, 1.82) is 0 Å². The smallest absolute Gasteiger partial charge is 0.303 e. The average Bonchev–Trinajstić information content (AvgIpc) is 2.17. The van der Waals surface area contributed by atoms with Gasteiger partial charge in [0.15, 0.2) is 0 Å². The summed E-state index contributed by atoms with van der Waals surface area (Å²) in [7, 11) is 0. The second-order valence-corrected chi connectivity index (χ2v) is 3.25. The molecule has 0 aromatic heterocycles. The van der Waals surface area contributed by atoms with Gasteiger partial charge in [-0.2, -0.15) is 0 Å². The predicted molar refractivity (Wildman–Crippen MR) is 55.1 cm³/mol. The molecule has 0 spiro atoms. The van der Waals surface area contributed by atoms with Gasteiger partial charge in [-0.3, -0.25) is 4.79 Å². The van der Waals surface area contributed by atoms with Crippen LogP contribution < -0.4 is 0 Å². The molecule has 0 saturated heterocycles. The zero-order chi connectivity index (χ0) is 11.4. The van der Waals surface area contributed by atoms with Crippen LogP contribution in [-0.2, 0) is 4.79 Å². The third-order valence-corrected chi connectivity index (χ3v) is 1.88. The van der Waals surface area contributed by atoms with E-state index in [1.807, 2.05) is 0 Å². The second-order valence-electron chi connectivity index (χ2n) is 3.25. The quantitative estimate of drug-likeness (QED) is 0.611. The molecule has 86 valence electrons. The van der Waals surface area contributed by atoms with Gasteiger partial charge >= 0.3 is 5.97 Å². The summed E-state index contributed by atoms with van der Waals surface area (Å²) < 4.78 is 0. The van der Waals surface area contributed by atoms with Crippen molar-refractivity contribution in [2.24, 2.45) is 5.92 Å². The molecule has 0 aliphatic carbocycles. The van der Waals surface area contributed by atoms with Crippen molar-refractivity contribution >= 4 is 5.97 Å². The standard InChI is InChI=1S/C8H16O2.C2H6O2/c1-3-7(2)5-4-6-8(9)10;3-1-2-4/h7H,3-6H2,1-2H3,(H,9,10);3-4H,1-2H2. The molecule has 0 aliphatic heterocycles. The van der Waals surface area contributed by atoms with Gasteiger partial charge in [0, 0.05) is 6.42 Å². The minimum Gasteiger partial charge on any atom is -0.481 e. The van der Waals surface area contributed by atoms with Crippen LogP contribution in [-0.4, -0.2) is 34.5 Å². The fourth-order valence-corrected chi connectivity index (χ4v) is 0.806. The van der Waals surface area contributed by atoms with E-state index in [2.05, 4.69) is 13.8 Å². The average molecular weight is 206 g/mol. The number of hydrogen-bond donors (Lipinski definition) is 3. The molecule has 4 nitrogen and oxygen atoms in total. The van der Waals surface area contributed by atoms with Crippen molar-refractivity contribution in [3.05, 3.63) is 0 Å². The number of aliphatic hydroxyl groups excluding tert-OH is 2. The van der Waals surface area contributed by atoms with Gasteiger partial charge in [0.1, 0.15) is 0 Å². The first-order chi connectivity index (χ1) is 6.58. The summed E-state index contributed by atoms with van der Waals surface area (Å²) >= 11 is 0. The highest BCUT2D eigenvalue weighted by molar-refractivity contribution is 5.66. The van der Waals surface area contributed by atoms with Crippen molar-refractivity contribution in [1.82, 2.24) is 0 Å². The maximum Gasteiger partial charge on any atom is 0.303 e. The van der Waals surface area contributed by atoms with Crippen molar-refractivity contribution < 1.29 is 20.1 Å². The van der Waals surface area contributed by atoms with Gasteiger partial charge in [-0.15, -0.1) is 0 Å². The molecular weight excluding hydrogens is 184 g/mol. The number of carbonyl (C=O) groups is 1. The molecule has 14 heavy (non-hydrogen) atoms. The topological polar surface area (TPSA) is 77.8 Å². The van der Waals surface area contributed by atoms with E-state index in [4.69, 9.17) is 15.3 Å². The summed E-state index contributed by atoms with van der Waals surface area (Å²) in [6, 6.07) is 0. The Morgan fingerprint density at radius 3 is 2.07 bits per heavy atom. The normalized spacial score (nSPS) is 11.4. The summed E-state index contributed by atoms with van der Waals surface area (Å²) in [4.78, 5) is 10.1. The van der Waals surface area contributed by atoms with Crippen LogP contribution in [0.3, 0.4) is 0 Å². The molecule has 0 bridgehead atoms. The SMILES string of the molecule is CCC(C)CCCC(=O)O.OCCO. The number of rotatable bonds is 6. The van der Waals surface area contributed by atoms with Crippen LogP contribution >= 0.6 is 0 Å². The summed E-state index contributed by atoms with van der Waals surface area (Å²) in [6.07, 6.45) is 3.34. The lowest BCUT2D eigenvalue weighted by Gasteiger charge is -2.04. The number of aliphatic hydroxyl groups is 2. The molecule has 4 heteroatoms. The van der Waals surface area contributed by atoms with Crippen LogP contribution in [0.2, 0.25) is 0 Å². The highest BCUT2D eigenvalue weighted by atomic mass is 16.4. The fraction of sp³-hybridized carbons (Fsp3) is 0.900. The highest BCUT2D eigenvalue weighted by Crippen LogP contribution is 2.10. The maximum atomic E-state index is 10.1. The van der Waals surface area contributed by atoms with Crippen LogP contribution in [0, 0.1) is 5.92 Å². The Hall–Kier alpha value is -0.610. The predicted octanol–water partition coefficient (Wildman–Crippen LogP) is 1.26. The van der Waals surface area contributed by atoms with Gasteiger partial charge < -0.3 is 15.3 Å². The third-order valence-electron chi connectivity index (χ3n) is 1.88. The second kappa shape index (κ2) is 12.4. The van der Waals surface area contributed by atoms with Crippen LogP contribution in [0.5, 0.6) is 0 Å². The highest BCUT2D eigenvalue weighted by Gasteiger charge is 2.00. The van der Waals surface area contributed by atoms with E-state index in [1.54, 1.807) is 0 Å². The van der Waals surface area contributed by atoms with E-state index in [9.17, 15) is 4.79 Å². The van der Waals surface area contributed by atoms with Gasteiger partial charge in [0.2, 0.25) is 0 Å². The van der Waals surface area contributed by atoms with E-state index < -0.39 is 5.97 Å². The molecule has 0 heterocycles. The van der Waals surface area contributed by atoms with Crippen molar-refractivity contribution in [3.63, 3.8) is 0 Å². The summed E-state index contributed by atoms with van der Waals surface area (Å²) in [5, 5.41) is 23.5. The molecule has 0 rings (SSSR count).